The van der Waals surface area contributed by atoms with E-state index in [1.165, 1.54) is 5.56 Å². The molecule has 0 radical (unpaired) electrons. The Morgan fingerprint density at radius 2 is 1.70 bits per heavy atom. The normalized spacial score (nSPS) is 11.0. The molecule has 30 heavy (non-hydrogen) atoms. The van der Waals surface area contributed by atoms with Crippen molar-refractivity contribution in [3.8, 4) is 23.2 Å². The van der Waals surface area contributed by atoms with Gasteiger partial charge in [-0.25, -0.2) is 9.97 Å². The van der Waals surface area contributed by atoms with E-state index in [0.717, 1.165) is 22.0 Å². The smallest absolute Gasteiger partial charge is 0.286 e. The number of aromatic nitrogens is 5. The third-order valence-electron chi connectivity index (χ3n) is 4.70. The molecule has 3 aromatic heterocycles. The van der Waals surface area contributed by atoms with Gasteiger partial charge in [0.15, 0.2) is 0 Å². The molecule has 0 amide bonds. The number of benzene rings is 2. The molecular formula is C23H18N6O. The maximum Gasteiger partial charge on any atom is 0.286 e. The van der Waals surface area contributed by atoms with Crippen LogP contribution < -0.4 is 5.32 Å². The number of aryl methyl sites for hydroxylation is 1. The molecular weight excluding hydrogens is 376 g/mol. The molecule has 0 atom stereocenters. The van der Waals surface area contributed by atoms with Crippen LogP contribution in [0.25, 0.3) is 34.1 Å². The molecule has 3 heterocycles. The largest absolute Gasteiger partial charge is 0.413 e. The number of nitrogens with one attached hydrogen (secondary N) is 1. The van der Waals surface area contributed by atoms with E-state index in [9.17, 15) is 0 Å². The number of rotatable bonds is 5. The molecule has 0 spiro atoms. The molecule has 0 fully saturated rings. The van der Waals surface area contributed by atoms with Gasteiger partial charge in [-0.15, -0.1) is 10.2 Å². The molecule has 0 unspecified atom stereocenters. The predicted octanol–water partition coefficient (Wildman–Crippen LogP) is 4.66. The fourth-order valence-corrected chi connectivity index (χ4v) is 3.12. The number of para-hydroxylation sites is 1. The van der Waals surface area contributed by atoms with Crippen LogP contribution in [0.5, 0.6) is 0 Å². The summed E-state index contributed by atoms with van der Waals surface area (Å²) in [5, 5.41) is 12.6. The van der Waals surface area contributed by atoms with Gasteiger partial charge in [-0.2, -0.15) is 0 Å². The Morgan fingerprint density at radius 1 is 0.867 bits per heavy atom. The summed E-state index contributed by atoms with van der Waals surface area (Å²) in [6.45, 7) is 2.62. The molecule has 0 bridgehead atoms. The number of pyridine rings is 1. The quantitative estimate of drug-likeness (QED) is 0.463. The molecule has 5 aromatic rings. The van der Waals surface area contributed by atoms with E-state index >= 15 is 0 Å². The average molecular weight is 394 g/mol. The Morgan fingerprint density at radius 3 is 2.53 bits per heavy atom. The van der Waals surface area contributed by atoms with Crippen LogP contribution in [-0.4, -0.2) is 25.1 Å². The highest BCUT2D eigenvalue weighted by molar-refractivity contribution is 5.90. The molecule has 0 aliphatic heterocycles. The van der Waals surface area contributed by atoms with Gasteiger partial charge in [0, 0.05) is 29.9 Å². The summed E-state index contributed by atoms with van der Waals surface area (Å²) in [7, 11) is 0. The second-order valence-corrected chi connectivity index (χ2v) is 6.91. The number of anilines is 1. The van der Waals surface area contributed by atoms with Gasteiger partial charge < -0.3 is 9.73 Å². The molecule has 5 rings (SSSR count). The first-order valence-corrected chi connectivity index (χ1v) is 9.57. The van der Waals surface area contributed by atoms with Crippen LogP contribution in [0.1, 0.15) is 11.1 Å². The summed E-state index contributed by atoms with van der Waals surface area (Å²) in [6, 6.07) is 19.7. The van der Waals surface area contributed by atoms with Crippen molar-refractivity contribution >= 4 is 16.7 Å². The maximum atomic E-state index is 5.88. The van der Waals surface area contributed by atoms with E-state index in [-0.39, 0.29) is 5.89 Å². The van der Waals surface area contributed by atoms with E-state index in [1.54, 1.807) is 6.20 Å². The zero-order chi connectivity index (χ0) is 20.3. The van der Waals surface area contributed by atoms with Gasteiger partial charge in [0.25, 0.3) is 5.89 Å². The lowest BCUT2D eigenvalue weighted by Gasteiger charge is -2.09. The monoisotopic (exact) mass is 394 g/mol. The first kappa shape index (κ1) is 17.9. The zero-order valence-electron chi connectivity index (χ0n) is 16.3. The van der Waals surface area contributed by atoms with Crippen LogP contribution in [0.3, 0.4) is 0 Å². The Labute approximate surface area is 172 Å². The third-order valence-corrected chi connectivity index (χ3v) is 4.70. The van der Waals surface area contributed by atoms with E-state index in [0.29, 0.717) is 24.1 Å². The lowest BCUT2D eigenvalue weighted by atomic mass is 10.1. The van der Waals surface area contributed by atoms with Gasteiger partial charge in [-0.1, -0.05) is 35.9 Å². The average Bonchev–Trinajstić information content (AvgIpc) is 3.29. The van der Waals surface area contributed by atoms with Crippen LogP contribution in [-0.2, 0) is 6.54 Å². The van der Waals surface area contributed by atoms with Crippen molar-refractivity contribution in [2.24, 2.45) is 0 Å². The molecule has 0 saturated carbocycles. The molecule has 2 aromatic carbocycles. The van der Waals surface area contributed by atoms with Crippen molar-refractivity contribution in [2.45, 2.75) is 13.5 Å². The number of fused-ring (bicyclic) bond motifs is 1. The van der Waals surface area contributed by atoms with Crippen molar-refractivity contribution < 1.29 is 4.42 Å². The van der Waals surface area contributed by atoms with Gasteiger partial charge in [-0.05, 0) is 42.8 Å². The fraction of sp³-hybridized carbons (Fsp3) is 0.0870. The van der Waals surface area contributed by atoms with Crippen molar-refractivity contribution in [3.63, 3.8) is 0 Å². The maximum absolute atomic E-state index is 5.88. The highest BCUT2D eigenvalue weighted by Crippen LogP contribution is 2.27. The summed E-state index contributed by atoms with van der Waals surface area (Å²) in [6.07, 6.45) is 3.58. The first-order chi connectivity index (χ1) is 14.8. The molecule has 0 saturated heterocycles. The highest BCUT2D eigenvalue weighted by Gasteiger charge is 2.16. The van der Waals surface area contributed by atoms with Gasteiger partial charge in [0.2, 0.25) is 11.7 Å². The summed E-state index contributed by atoms with van der Waals surface area (Å²) >= 11 is 0. The summed E-state index contributed by atoms with van der Waals surface area (Å²) in [5.74, 6) is 1.80. The summed E-state index contributed by atoms with van der Waals surface area (Å²) < 4.78 is 5.88. The second-order valence-electron chi connectivity index (χ2n) is 6.91. The van der Waals surface area contributed by atoms with Crippen LogP contribution in [0.15, 0.2) is 77.5 Å². The van der Waals surface area contributed by atoms with E-state index in [4.69, 9.17) is 4.42 Å². The standard InChI is InChI=1S/C23H18N6O/c1-15-8-10-17(11-9-15)22-28-29-23(30-22)21-26-19-7-3-2-6-18(19)20(27-21)25-14-16-5-4-12-24-13-16/h2-13H,14H2,1H3,(H,25,26,27). The third kappa shape index (κ3) is 3.60. The topological polar surface area (TPSA) is 89.6 Å². The Bertz CT molecular complexity index is 1300. The molecule has 0 aliphatic rings. The minimum absolute atomic E-state index is 0.278. The highest BCUT2D eigenvalue weighted by atomic mass is 16.4. The van der Waals surface area contributed by atoms with Crippen molar-refractivity contribution in [1.82, 2.24) is 25.1 Å². The molecule has 0 aliphatic carbocycles. The number of nitrogens with zero attached hydrogens (tertiary/aromatic N) is 5. The Hall–Kier alpha value is -4.13. The van der Waals surface area contributed by atoms with Crippen LogP contribution in [0.2, 0.25) is 0 Å². The Balaban J connectivity index is 1.51. The van der Waals surface area contributed by atoms with Crippen LogP contribution in [0.4, 0.5) is 5.82 Å². The van der Waals surface area contributed by atoms with Crippen molar-refractivity contribution in [1.29, 1.82) is 0 Å². The summed E-state index contributed by atoms with van der Waals surface area (Å²) in [4.78, 5) is 13.4. The van der Waals surface area contributed by atoms with Gasteiger partial charge >= 0.3 is 0 Å². The van der Waals surface area contributed by atoms with Gasteiger partial charge in [-0.3, -0.25) is 4.98 Å². The van der Waals surface area contributed by atoms with E-state index in [2.05, 4.69) is 30.5 Å². The minimum atomic E-state index is 0.278. The Kier molecular flexibility index (Phi) is 4.61. The summed E-state index contributed by atoms with van der Waals surface area (Å²) in [5.41, 5.74) is 3.88. The second kappa shape index (κ2) is 7.71. The van der Waals surface area contributed by atoms with Gasteiger partial charge in [0.1, 0.15) is 5.82 Å². The molecule has 7 nitrogen and oxygen atoms in total. The lowest BCUT2D eigenvalue weighted by Crippen LogP contribution is -2.04. The van der Waals surface area contributed by atoms with Crippen LogP contribution in [0, 0.1) is 6.92 Å². The predicted molar refractivity (Wildman–Crippen MR) is 115 cm³/mol. The molecule has 7 heteroatoms. The van der Waals surface area contributed by atoms with E-state index < -0.39 is 0 Å². The number of hydrogen-bond acceptors (Lipinski definition) is 7. The molecule has 146 valence electrons. The fourth-order valence-electron chi connectivity index (χ4n) is 3.12. The van der Waals surface area contributed by atoms with Gasteiger partial charge in [0.05, 0.1) is 5.52 Å². The molecule has 1 N–H and O–H groups in total. The zero-order valence-corrected chi connectivity index (χ0v) is 16.3. The van der Waals surface area contributed by atoms with Crippen LogP contribution >= 0.6 is 0 Å². The number of hydrogen-bond donors (Lipinski definition) is 1. The first-order valence-electron chi connectivity index (χ1n) is 9.57. The van der Waals surface area contributed by atoms with Crippen molar-refractivity contribution in [2.75, 3.05) is 5.32 Å². The SMILES string of the molecule is Cc1ccc(-c2nnc(-c3nc(NCc4cccnc4)c4ccccc4n3)o2)cc1. The van der Waals surface area contributed by atoms with E-state index in [1.807, 2.05) is 73.8 Å². The van der Waals surface area contributed by atoms with Crippen molar-refractivity contribution in [3.05, 3.63) is 84.2 Å². The lowest BCUT2D eigenvalue weighted by molar-refractivity contribution is 0.579. The minimum Gasteiger partial charge on any atom is -0.413 e.